The molecule has 2 heterocycles. The molecule has 0 spiro atoms. The van der Waals surface area contributed by atoms with Crippen LogP contribution in [0, 0.1) is 23.5 Å². The minimum absolute atomic E-state index is 0.0254. The van der Waals surface area contributed by atoms with Crippen molar-refractivity contribution in [2.45, 2.75) is 58.6 Å². The fourth-order valence-electron chi connectivity index (χ4n) is 5.29. The summed E-state index contributed by atoms with van der Waals surface area (Å²) in [6.45, 7) is 7.27. The molecule has 3 atom stereocenters. The second-order valence-electron chi connectivity index (χ2n) is 11.2. The third kappa shape index (κ3) is 8.21. The van der Waals surface area contributed by atoms with Crippen molar-refractivity contribution in [2.75, 3.05) is 38.4 Å². The first kappa shape index (κ1) is 33.7. The summed E-state index contributed by atoms with van der Waals surface area (Å²) in [5.41, 5.74) is 1.52. The van der Waals surface area contributed by atoms with E-state index in [4.69, 9.17) is 4.74 Å². The minimum Gasteiger partial charge on any atom is -0.478 e. The Bertz CT molecular complexity index is 1240. The quantitative estimate of drug-likeness (QED) is 0.156. The molecule has 1 saturated heterocycles. The Morgan fingerprint density at radius 3 is 2.49 bits per heavy atom. The number of methoxy groups -OCH3 is 1. The fourth-order valence-corrected chi connectivity index (χ4v) is 5.29. The molecule has 3 rings (SSSR count). The number of carboxylic acid groups (broad SMARTS) is 2. The number of carbonyl (C=O) groups excluding carboxylic acids is 1. The highest BCUT2D eigenvalue weighted by Crippen LogP contribution is 2.36. The van der Waals surface area contributed by atoms with E-state index in [1.165, 1.54) is 19.2 Å². The van der Waals surface area contributed by atoms with Gasteiger partial charge in [-0.2, -0.15) is 5.12 Å². The number of benzene rings is 1. The molecule has 0 aliphatic carbocycles. The number of aliphatic hydroxyl groups excluding tert-OH is 1. The predicted octanol–water partition coefficient (Wildman–Crippen LogP) is 2.43. The zero-order chi connectivity index (χ0) is 31.8. The largest absolute Gasteiger partial charge is 0.478 e. The average Bonchev–Trinajstić information content (AvgIpc) is 3.32. The highest BCUT2D eigenvalue weighted by Gasteiger charge is 2.42. The lowest BCUT2D eigenvalue weighted by Gasteiger charge is -2.40. The molecule has 2 aliphatic rings. The molecule has 0 radical (unpaired) electrons. The molecule has 14 heteroatoms. The van der Waals surface area contributed by atoms with Crippen molar-refractivity contribution in [2.24, 2.45) is 11.8 Å². The molecule has 0 saturated carbocycles. The molecular formula is C29H41F2N5O7. The summed E-state index contributed by atoms with van der Waals surface area (Å²) >= 11 is 0. The van der Waals surface area contributed by atoms with E-state index in [2.05, 4.69) is 10.7 Å². The van der Waals surface area contributed by atoms with Crippen molar-refractivity contribution in [3.05, 3.63) is 53.0 Å². The van der Waals surface area contributed by atoms with E-state index < -0.39 is 47.0 Å². The first-order valence-corrected chi connectivity index (χ1v) is 14.3. The molecule has 1 aromatic rings. The Labute approximate surface area is 249 Å². The van der Waals surface area contributed by atoms with Gasteiger partial charge in [-0.05, 0) is 56.6 Å². The number of carbonyl (C=O) groups is 3. The Morgan fingerprint density at radius 1 is 1.16 bits per heavy atom. The number of amides is 1. The molecule has 0 bridgehead atoms. The van der Waals surface area contributed by atoms with Gasteiger partial charge in [0.15, 0.2) is 17.3 Å². The minimum atomic E-state index is -1.68. The number of hydrogen-bond acceptors (Lipinski definition) is 9. The standard InChI is InChI=1S/C29H41F2N5O7/c1-17(2)16-34(20-12-19(18(3)37)14-32-15-20)28(40)27-23(9-5-6-11-43-4)35(22-10-7-8-21(30)26(22)31)36(33-27)24(29(41)42)13-25(38)39/h7-8,10,13,17-20,32-33,37H,5-6,9,11-12,14-16H2,1-4H3,(H,38,39)(H,41,42)/b24-13+/t18?,19-,20+/m1/s1. The number of ether oxygens (including phenoxy) is 1. The Kier molecular flexibility index (Phi) is 11.9. The van der Waals surface area contributed by atoms with Gasteiger partial charge in [0.25, 0.3) is 5.91 Å². The molecular weight excluding hydrogens is 568 g/mol. The van der Waals surface area contributed by atoms with Crippen molar-refractivity contribution in [1.82, 2.24) is 20.8 Å². The van der Waals surface area contributed by atoms with Gasteiger partial charge < -0.3 is 30.3 Å². The number of carboxylic acids is 2. The van der Waals surface area contributed by atoms with E-state index in [1.54, 1.807) is 11.8 Å². The second-order valence-corrected chi connectivity index (χ2v) is 11.2. The number of aliphatic carboxylic acids is 2. The summed E-state index contributed by atoms with van der Waals surface area (Å²) in [4.78, 5) is 40.0. The monoisotopic (exact) mass is 609 g/mol. The van der Waals surface area contributed by atoms with E-state index in [0.717, 1.165) is 16.2 Å². The van der Waals surface area contributed by atoms with Crippen LogP contribution in [0.2, 0.25) is 0 Å². The zero-order valence-corrected chi connectivity index (χ0v) is 24.8. The number of piperidine rings is 1. The number of aliphatic hydroxyl groups is 1. The van der Waals surface area contributed by atoms with Gasteiger partial charge in [-0.1, -0.05) is 19.9 Å². The van der Waals surface area contributed by atoms with Crippen molar-refractivity contribution in [3.8, 4) is 0 Å². The van der Waals surface area contributed by atoms with Crippen LogP contribution in [0.4, 0.5) is 14.5 Å². The highest BCUT2D eigenvalue weighted by molar-refractivity contribution is 5.97. The number of hydrogen-bond donors (Lipinski definition) is 5. The summed E-state index contributed by atoms with van der Waals surface area (Å²) in [5.74, 6) is -6.43. The van der Waals surface area contributed by atoms with Crippen LogP contribution >= 0.6 is 0 Å². The van der Waals surface area contributed by atoms with Crippen molar-refractivity contribution >= 4 is 23.5 Å². The number of anilines is 1. The maximum absolute atomic E-state index is 15.3. The summed E-state index contributed by atoms with van der Waals surface area (Å²) in [7, 11) is 1.53. The van der Waals surface area contributed by atoms with E-state index in [0.29, 0.717) is 51.6 Å². The molecule has 2 aliphatic heterocycles. The summed E-state index contributed by atoms with van der Waals surface area (Å²) in [6.07, 6.45) is 1.36. The van der Waals surface area contributed by atoms with E-state index in [1.807, 2.05) is 13.8 Å². The maximum atomic E-state index is 15.3. The molecule has 5 N–H and O–H groups in total. The molecule has 1 amide bonds. The lowest BCUT2D eigenvalue weighted by atomic mass is 9.90. The normalized spacial score (nSPS) is 20.0. The van der Waals surface area contributed by atoms with Gasteiger partial charge in [-0.3, -0.25) is 10.2 Å². The number of nitrogens with zero attached hydrogens (tertiary/aromatic N) is 3. The Balaban J connectivity index is 2.20. The van der Waals surface area contributed by atoms with Crippen LogP contribution in [0.1, 0.15) is 46.5 Å². The van der Waals surface area contributed by atoms with Crippen LogP contribution in [0.3, 0.4) is 0 Å². The molecule has 12 nitrogen and oxygen atoms in total. The fraction of sp³-hybridized carbons (Fsp3) is 0.552. The first-order chi connectivity index (χ1) is 20.4. The number of unbranched alkanes of at least 4 members (excludes halogenated alkanes) is 1. The summed E-state index contributed by atoms with van der Waals surface area (Å²) in [6, 6.07) is 2.99. The molecule has 1 fully saturated rings. The van der Waals surface area contributed by atoms with E-state index in [9.17, 15) is 34.1 Å². The summed E-state index contributed by atoms with van der Waals surface area (Å²) in [5, 5.41) is 34.7. The SMILES string of the molecule is COCCCCC1=C(C(=O)N(CC(C)C)[C@@H]2CNC[C@H](C(C)O)C2)NN(/C(=C/C(=O)O)C(=O)O)N1c1cccc(F)c1F. The third-order valence-corrected chi connectivity index (χ3v) is 7.36. The molecule has 0 aromatic heterocycles. The van der Waals surface area contributed by atoms with Gasteiger partial charge in [-0.15, -0.1) is 0 Å². The Morgan fingerprint density at radius 2 is 1.88 bits per heavy atom. The van der Waals surface area contributed by atoms with Crippen LogP contribution < -0.4 is 15.8 Å². The highest BCUT2D eigenvalue weighted by atomic mass is 19.2. The molecule has 1 unspecified atom stereocenters. The second kappa shape index (κ2) is 15.1. The van der Waals surface area contributed by atoms with Crippen molar-refractivity contribution < 1.29 is 43.2 Å². The van der Waals surface area contributed by atoms with E-state index >= 15 is 4.39 Å². The van der Waals surface area contributed by atoms with Gasteiger partial charge in [0.2, 0.25) is 0 Å². The van der Waals surface area contributed by atoms with Crippen LogP contribution in [0.15, 0.2) is 41.4 Å². The Hall–Kier alpha value is -3.75. The lowest BCUT2D eigenvalue weighted by Crippen LogP contribution is -2.55. The third-order valence-electron chi connectivity index (χ3n) is 7.36. The zero-order valence-electron chi connectivity index (χ0n) is 24.8. The molecule has 1 aromatic carbocycles. The van der Waals surface area contributed by atoms with Gasteiger partial charge >= 0.3 is 11.9 Å². The van der Waals surface area contributed by atoms with Gasteiger partial charge in [0, 0.05) is 39.4 Å². The first-order valence-electron chi connectivity index (χ1n) is 14.3. The van der Waals surface area contributed by atoms with Crippen LogP contribution in [-0.2, 0) is 19.1 Å². The van der Waals surface area contributed by atoms with Gasteiger partial charge in [0.05, 0.1) is 17.9 Å². The molecule has 43 heavy (non-hydrogen) atoms. The van der Waals surface area contributed by atoms with E-state index in [-0.39, 0.29) is 35.7 Å². The smallest absolute Gasteiger partial charge is 0.356 e. The van der Waals surface area contributed by atoms with Crippen LogP contribution in [-0.4, -0.2) is 88.7 Å². The number of nitrogens with one attached hydrogen (secondary N) is 2. The lowest BCUT2D eigenvalue weighted by molar-refractivity contribution is -0.137. The molecule has 238 valence electrons. The van der Waals surface area contributed by atoms with Gasteiger partial charge in [0.1, 0.15) is 11.4 Å². The topological polar surface area (TPSA) is 155 Å². The van der Waals surface area contributed by atoms with Crippen molar-refractivity contribution in [3.63, 3.8) is 0 Å². The number of allylic oxidation sites excluding steroid dienone is 1. The number of hydrazine groups is 2. The van der Waals surface area contributed by atoms with Crippen LogP contribution in [0.25, 0.3) is 0 Å². The predicted molar refractivity (Wildman–Crippen MR) is 153 cm³/mol. The van der Waals surface area contributed by atoms with Crippen molar-refractivity contribution in [1.29, 1.82) is 0 Å². The maximum Gasteiger partial charge on any atom is 0.356 e. The summed E-state index contributed by atoms with van der Waals surface area (Å²) < 4.78 is 34.9. The number of halogens is 2. The van der Waals surface area contributed by atoms with Crippen LogP contribution in [0.5, 0.6) is 0 Å². The number of rotatable bonds is 14. The average molecular weight is 610 g/mol. The van der Waals surface area contributed by atoms with Gasteiger partial charge in [-0.25, -0.2) is 23.4 Å².